The van der Waals surface area contributed by atoms with Gasteiger partial charge in [-0.3, -0.25) is 9.59 Å². The van der Waals surface area contributed by atoms with E-state index in [0.29, 0.717) is 12.2 Å². The largest absolute Gasteiger partial charge is 0.355 e. The zero-order valence-corrected chi connectivity index (χ0v) is 12.4. The summed E-state index contributed by atoms with van der Waals surface area (Å²) < 4.78 is 0. The quantitative estimate of drug-likeness (QED) is 0.586. The molecule has 0 aliphatic rings. The van der Waals surface area contributed by atoms with Crippen molar-refractivity contribution in [3.8, 4) is 0 Å². The van der Waals surface area contributed by atoms with E-state index in [0.717, 1.165) is 29.8 Å². The molecular weight excluding hydrogens is 258 g/mol. The molecule has 1 aromatic carbocycles. The molecule has 0 spiro atoms. The van der Waals surface area contributed by atoms with Gasteiger partial charge in [-0.15, -0.1) is 11.8 Å². The molecule has 0 heterocycles. The number of benzene rings is 1. The zero-order valence-electron chi connectivity index (χ0n) is 11.6. The van der Waals surface area contributed by atoms with Crippen molar-refractivity contribution >= 4 is 23.5 Å². The van der Waals surface area contributed by atoms with Crippen LogP contribution in [0, 0.1) is 0 Å². The molecule has 0 aliphatic carbocycles. The van der Waals surface area contributed by atoms with Gasteiger partial charge in [0.05, 0.1) is 5.75 Å². The third kappa shape index (κ3) is 5.92. The van der Waals surface area contributed by atoms with Crippen LogP contribution in [0.4, 0.5) is 0 Å². The van der Waals surface area contributed by atoms with Crippen molar-refractivity contribution in [1.29, 1.82) is 0 Å². The zero-order chi connectivity index (χ0) is 14.1. The van der Waals surface area contributed by atoms with Crippen LogP contribution < -0.4 is 5.32 Å². The Kier molecular flexibility index (Phi) is 7.26. The molecule has 104 valence electrons. The van der Waals surface area contributed by atoms with E-state index in [1.54, 1.807) is 0 Å². The Labute approximate surface area is 119 Å². The highest BCUT2D eigenvalue weighted by atomic mass is 32.2. The molecule has 0 atom stereocenters. The first-order valence-corrected chi connectivity index (χ1v) is 7.68. The second-order valence-corrected chi connectivity index (χ2v) is 5.38. The van der Waals surface area contributed by atoms with Gasteiger partial charge in [-0.2, -0.15) is 0 Å². The third-order valence-electron chi connectivity index (χ3n) is 2.60. The number of rotatable bonds is 8. The van der Waals surface area contributed by atoms with Crippen molar-refractivity contribution in [2.75, 3.05) is 12.3 Å². The molecule has 0 fully saturated rings. The van der Waals surface area contributed by atoms with Gasteiger partial charge >= 0.3 is 0 Å². The van der Waals surface area contributed by atoms with Gasteiger partial charge in [0.25, 0.3) is 0 Å². The smallest absolute Gasteiger partial charge is 0.230 e. The Morgan fingerprint density at radius 1 is 1.11 bits per heavy atom. The summed E-state index contributed by atoms with van der Waals surface area (Å²) >= 11 is 1.49. The van der Waals surface area contributed by atoms with Crippen LogP contribution in [0.3, 0.4) is 0 Å². The van der Waals surface area contributed by atoms with Gasteiger partial charge in [0.2, 0.25) is 5.91 Å². The predicted octanol–water partition coefficient (Wildman–Crippen LogP) is 3.29. The van der Waals surface area contributed by atoms with Crippen LogP contribution in [0.1, 0.15) is 43.5 Å². The fourth-order valence-corrected chi connectivity index (χ4v) is 2.30. The molecule has 4 heteroatoms. The molecule has 1 aromatic rings. The van der Waals surface area contributed by atoms with Gasteiger partial charge in [0.1, 0.15) is 0 Å². The predicted molar refractivity (Wildman–Crippen MR) is 79.7 cm³/mol. The van der Waals surface area contributed by atoms with E-state index >= 15 is 0 Å². The van der Waals surface area contributed by atoms with Gasteiger partial charge in [0.15, 0.2) is 5.78 Å². The number of hydrogen-bond donors (Lipinski definition) is 1. The van der Waals surface area contributed by atoms with Gasteiger partial charge in [-0.05, 0) is 25.0 Å². The molecular formula is C15H21NO2S. The van der Waals surface area contributed by atoms with Crippen LogP contribution in [0.2, 0.25) is 0 Å². The van der Waals surface area contributed by atoms with E-state index in [4.69, 9.17) is 0 Å². The van der Waals surface area contributed by atoms with Crippen LogP contribution in [-0.4, -0.2) is 24.0 Å². The van der Waals surface area contributed by atoms with Crippen LogP contribution in [0.15, 0.2) is 29.2 Å². The van der Waals surface area contributed by atoms with E-state index < -0.39 is 0 Å². The molecule has 0 aliphatic heterocycles. The van der Waals surface area contributed by atoms with Crippen molar-refractivity contribution in [2.24, 2.45) is 0 Å². The number of hydrogen-bond acceptors (Lipinski definition) is 3. The van der Waals surface area contributed by atoms with Crippen LogP contribution in [0.25, 0.3) is 0 Å². The van der Waals surface area contributed by atoms with Crippen LogP contribution in [0.5, 0.6) is 0 Å². The fraction of sp³-hybridized carbons (Fsp3) is 0.467. The molecule has 0 radical (unpaired) electrons. The first-order chi connectivity index (χ1) is 9.17. The normalized spacial score (nSPS) is 10.2. The molecule has 1 rings (SSSR count). The maximum absolute atomic E-state index is 11.7. The second kappa shape index (κ2) is 8.75. The minimum Gasteiger partial charge on any atom is -0.355 e. The highest BCUT2D eigenvalue weighted by Gasteiger charge is 2.05. The third-order valence-corrected chi connectivity index (χ3v) is 3.61. The van der Waals surface area contributed by atoms with Gasteiger partial charge < -0.3 is 5.32 Å². The van der Waals surface area contributed by atoms with Crippen LogP contribution >= 0.6 is 11.8 Å². The molecule has 0 bridgehead atoms. The van der Waals surface area contributed by atoms with Crippen molar-refractivity contribution < 1.29 is 9.59 Å². The monoisotopic (exact) mass is 279 g/mol. The molecule has 19 heavy (non-hydrogen) atoms. The Hall–Kier alpha value is -1.29. The summed E-state index contributed by atoms with van der Waals surface area (Å²) in [6.07, 6.45) is 2.41. The number of carbonyl (C=O) groups excluding carboxylic acids is 2. The Balaban J connectivity index is 2.44. The number of carbonyl (C=O) groups is 2. The highest BCUT2D eigenvalue weighted by Crippen LogP contribution is 2.18. The van der Waals surface area contributed by atoms with Crippen molar-refractivity contribution in [1.82, 2.24) is 5.32 Å². The van der Waals surface area contributed by atoms with Crippen molar-refractivity contribution in [3.63, 3.8) is 0 Å². The highest BCUT2D eigenvalue weighted by molar-refractivity contribution is 8.00. The van der Waals surface area contributed by atoms with Gasteiger partial charge in [-0.1, -0.05) is 26.0 Å². The first-order valence-electron chi connectivity index (χ1n) is 6.70. The Bertz CT molecular complexity index is 415. The second-order valence-electron chi connectivity index (χ2n) is 4.34. The lowest BCUT2D eigenvalue weighted by Gasteiger charge is -2.04. The number of thioether (sulfide) groups is 1. The SMILES string of the molecule is CCCNC(=O)CSc1ccc(C(=O)CCC)cc1. The number of amides is 1. The summed E-state index contributed by atoms with van der Waals surface area (Å²) in [4.78, 5) is 24.1. The maximum Gasteiger partial charge on any atom is 0.230 e. The minimum atomic E-state index is 0.0537. The minimum absolute atomic E-state index is 0.0537. The fourth-order valence-electron chi connectivity index (χ4n) is 1.57. The van der Waals surface area contributed by atoms with E-state index in [1.165, 1.54) is 11.8 Å². The molecule has 0 saturated heterocycles. The molecule has 1 N–H and O–H groups in total. The lowest BCUT2D eigenvalue weighted by atomic mass is 10.1. The standard InChI is InChI=1S/C15H21NO2S/c1-3-5-14(17)12-6-8-13(9-7-12)19-11-15(18)16-10-4-2/h6-9H,3-5,10-11H2,1-2H3,(H,16,18). The lowest BCUT2D eigenvalue weighted by molar-refractivity contribution is -0.118. The Morgan fingerprint density at radius 3 is 2.37 bits per heavy atom. The van der Waals surface area contributed by atoms with Crippen molar-refractivity contribution in [2.45, 2.75) is 38.0 Å². The first kappa shape index (κ1) is 15.8. The topological polar surface area (TPSA) is 46.2 Å². The Morgan fingerprint density at radius 2 is 1.79 bits per heavy atom. The van der Waals surface area contributed by atoms with Gasteiger partial charge in [-0.25, -0.2) is 0 Å². The van der Waals surface area contributed by atoms with Crippen molar-refractivity contribution in [3.05, 3.63) is 29.8 Å². The number of Topliss-reactive ketones (excluding diaryl/α,β-unsaturated/α-hetero) is 1. The molecule has 0 unspecified atom stereocenters. The average Bonchev–Trinajstić information content (AvgIpc) is 2.43. The summed E-state index contributed by atoms with van der Waals surface area (Å²) in [5.74, 6) is 0.653. The van der Waals surface area contributed by atoms with E-state index in [-0.39, 0.29) is 11.7 Å². The molecule has 0 saturated carbocycles. The van der Waals surface area contributed by atoms with Gasteiger partial charge in [0, 0.05) is 23.4 Å². The summed E-state index contributed by atoms with van der Waals surface area (Å²) in [5, 5.41) is 2.84. The lowest BCUT2D eigenvalue weighted by Crippen LogP contribution is -2.25. The average molecular weight is 279 g/mol. The number of nitrogens with one attached hydrogen (secondary N) is 1. The van der Waals surface area contributed by atoms with Crippen LogP contribution in [-0.2, 0) is 4.79 Å². The molecule has 1 amide bonds. The molecule has 0 aromatic heterocycles. The maximum atomic E-state index is 11.7. The number of ketones is 1. The summed E-state index contributed by atoms with van der Waals surface area (Å²) in [6.45, 7) is 4.75. The van der Waals surface area contributed by atoms with E-state index in [2.05, 4.69) is 5.32 Å². The van der Waals surface area contributed by atoms with E-state index in [1.807, 2.05) is 38.1 Å². The summed E-state index contributed by atoms with van der Waals surface area (Å²) in [7, 11) is 0. The molecule has 3 nitrogen and oxygen atoms in total. The van der Waals surface area contributed by atoms with E-state index in [9.17, 15) is 9.59 Å². The summed E-state index contributed by atoms with van der Waals surface area (Å²) in [6, 6.07) is 7.48. The summed E-state index contributed by atoms with van der Waals surface area (Å²) in [5.41, 5.74) is 0.752.